The average molecular weight is 280 g/mol. The number of aryl methyl sites for hydroxylation is 1. The highest BCUT2D eigenvalue weighted by Gasteiger charge is 2.25. The minimum atomic E-state index is -0.348. The summed E-state index contributed by atoms with van der Waals surface area (Å²) >= 11 is 0. The van der Waals surface area contributed by atoms with Crippen molar-refractivity contribution >= 4 is 5.91 Å². The molecule has 6 nitrogen and oxygen atoms in total. The zero-order valence-corrected chi connectivity index (χ0v) is 12.2. The molecule has 1 aromatic rings. The third-order valence-corrected chi connectivity index (χ3v) is 3.77. The van der Waals surface area contributed by atoms with Crippen LogP contribution < -0.4 is 5.73 Å². The van der Waals surface area contributed by atoms with Crippen LogP contribution in [0.1, 0.15) is 56.3 Å². The number of rotatable bonds is 7. The molecule has 0 bridgehead atoms. The van der Waals surface area contributed by atoms with Gasteiger partial charge in [-0.05, 0) is 19.3 Å². The van der Waals surface area contributed by atoms with Gasteiger partial charge < -0.3 is 10.5 Å². The lowest BCUT2D eigenvalue weighted by molar-refractivity contribution is -0.117. The van der Waals surface area contributed by atoms with E-state index >= 15 is 0 Å². The molecule has 0 spiro atoms. The van der Waals surface area contributed by atoms with Gasteiger partial charge in [0.05, 0.1) is 17.8 Å². The van der Waals surface area contributed by atoms with Crippen LogP contribution in [0, 0.1) is 0 Å². The van der Waals surface area contributed by atoms with Crippen molar-refractivity contribution in [3.63, 3.8) is 0 Å². The van der Waals surface area contributed by atoms with E-state index < -0.39 is 0 Å². The number of carbonyl (C=O) groups excluding carboxylic acids is 1. The molecule has 20 heavy (non-hydrogen) atoms. The first-order valence-electron chi connectivity index (χ1n) is 7.50. The molecule has 1 amide bonds. The van der Waals surface area contributed by atoms with Crippen LogP contribution in [0.4, 0.5) is 0 Å². The molecule has 1 fully saturated rings. The average Bonchev–Trinajstić information content (AvgIpc) is 2.82. The molecule has 112 valence electrons. The van der Waals surface area contributed by atoms with Crippen molar-refractivity contribution in [2.24, 2.45) is 5.73 Å². The molecule has 2 rings (SSSR count). The topological polar surface area (TPSA) is 83.0 Å². The molecule has 1 aliphatic heterocycles. The summed E-state index contributed by atoms with van der Waals surface area (Å²) in [5.41, 5.74) is 7.16. The number of hydrogen-bond donors (Lipinski definition) is 1. The standard InChI is InChI=1S/C14H24N4O2/c1-2-3-4-7-18-14(11-5-8-20-9-6-11)12(16-17-18)10-13(15)19/h11H,2-10H2,1H3,(H2,15,19). The van der Waals surface area contributed by atoms with Crippen molar-refractivity contribution in [2.45, 2.75) is 57.9 Å². The lowest BCUT2D eigenvalue weighted by atomic mass is 9.94. The van der Waals surface area contributed by atoms with Gasteiger partial charge in [-0.3, -0.25) is 4.79 Å². The SMILES string of the molecule is CCCCCn1nnc(CC(N)=O)c1C1CCOCC1. The van der Waals surface area contributed by atoms with E-state index in [9.17, 15) is 4.79 Å². The van der Waals surface area contributed by atoms with E-state index in [1.807, 2.05) is 4.68 Å². The maximum atomic E-state index is 11.2. The Morgan fingerprint density at radius 1 is 1.40 bits per heavy atom. The number of carbonyl (C=O) groups is 1. The van der Waals surface area contributed by atoms with E-state index in [1.54, 1.807) is 0 Å². The Labute approximate surface area is 119 Å². The molecule has 0 saturated carbocycles. The number of aromatic nitrogens is 3. The largest absolute Gasteiger partial charge is 0.381 e. The second kappa shape index (κ2) is 7.38. The first kappa shape index (κ1) is 15.0. The molecule has 2 N–H and O–H groups in total. The summed E-state index contributed by atoms with van der Waals surface area (Å²) in [6.45, 7) is 4.58. The van der Waals surface area contributed by atoms with E-state index in [0.29, 0.717) is 5.92 Å². The van der Waals surface area contributed by atoms with Gasteiger partial charge in [0.15, 0.2) is 0 Å². The Hall–Kier alpha value is -1.43. The van der Waals surface area contributed by atoms with Crippen molar-refractivity contribution in [3.8, 4) is 0 Å². The minimum absolute atomic E-state index is 0.181. The second-order valence-corrected chi connectivity index (χ2v) is 5.38. The molecule has 0 aliphatic carbocycles. The van der Waals surface area contributed by atoms with E-state index in [1.165, 1.54) is 12.8 Å². The van der Waals surface area contributed by atoms with Crippen molar-refractivity contribution in [3.05, 3.63) is 11.4 Å². The molecule has 6 heteroatoms. The molecule has 1 aliphatic rings. The van der Waals surface area contributed by atoms with Gasteiger partial charge >= 0.3 is 0 Å². The number of primary amides is 1. The van der Waals surface area contributed by atoms with Crippen molar-refractivity contribution in [2.75, 3.05) is 13.2 Å². The summed E-state index contributed by atoms with van der Waals surface area (Å²) in [6.07, 6.45) is 5.56. The van der Waals surface area contributed by atoms with Crippen LogP contribution in [0.2, 0.25) is 0 Å². The highest BCUT2D eigenvalue weighted by Crippen LogP contribution is 2.29. The fourth-order valence-corrected chi connectivity index (χ4v) is 2.74. The second-order valence-electron chi connectivity index (χ2n) is 5.38. The van der Waals surface area contributed by atoms with Gasteiger partial charge in [0.25, 0.3) is 0 Å². The summed E-state index contributed by atoms with van der Waals surface area (Å²) < 4.78 is 7.39. The van der Waals surface area contributed by atoms with Crippen LogP contribution in [0.15, 0.2) is 0 Å². The molecular formula is C14H24N4O2. The van der Waals surface area contributed by atoms with Crippen molar-refractivity contribution in [1.82, 2.24) is 15.0 Å². The number of nitrogens with two attached hydrogens (primary N) is 1. The third-order valence-electron chi connectivity index (χ3n) is 3.77. The van der Waals surface area contributed by atoms with E-state index in [4.69, 9.17) is 10.5 Å². The first-order chi connectivity index (χ1) is 9.72. The minimum Gasteiger partial charge on any atom is -0.381 e. The van der Waals surface area contributed by atoms with Gasteiger partial charge in [-0.1, -0.05) is 25.0 Å². The van der Waals surface area contributed by atoms with Gasteiger partial charge in [0, 0.05) is 25.7 Å². The zero-order valence-electron chi connectivity index (χ0n) is 12.2. The van der Waals surface area contributed by atoms with Gasteiger partial charge in [-0.2, -0.15) is 0 Å². The summed E-state index contributed by atoms with van der Waals surface area (Å²) in [7, 11) is 0. The fourth-order valence-electron chi connectivity index (χ4n) is 2.74. The first-order valence-corrected chi connectivity index (χ1v) is 7.50. The lowest BCUT2D eigenvalue weighted by Crippen LogP contribution is -2.21. The predicted molar refractivity (Wildman–Crippen MR) is 75.2 cm³/mol. The maximum absolute atomic E-state index is 11.2. The Morgan fingerprint density at radius 3 is 2.80 bits per heavy atom. The molecule has 1 saturated heterocycles. The van der Waals surface area contributed by atoms with Crippen LogP contribution in [0.25, 0.3) is 0 Å². The normalized spacial score (nSPS) is 16.4. The fraction of sp³-hybridized carbons (Fsp3) is 0.786. The maximum Gasteiger partial charge on any atom is 0.223 e. The molecule has 2 heterocycles. The number of ether oxygens (including phenoxy) is 1. The number of unbranched alkanes of at least 4 members (excludes halogenated alkanes) is 2. The monoisotopic (exact) mass is 280 g/mol. The molecule has 0 aromatic carbocycles. The van der Waals surface area contributed by atoms with Crippen LogP contribution >= 0.6 is 0 Å². The highest BCUT2D eigenvalue weighted by atomic mass is 16.5. The Balaban J connectivity index is 2.17. The molecule has 0 unspecified atom stereocenters. The third kappa shape index (κ3) is 3.79. The van der Waals surface area contributed by atoms with Gasteiger partial charge in [-0.15, -0.1) is 5.10 Å². The van der Waals surface area contributed by atoms with Gasteiger partial charge in [0.2, 0.25) is 5.91 Å². The highest BCUT2D eigenvalue weighted by molar-refractivity contribution is 5.76. The van der Waals surface area contributed by atoms with Crippen LogP contribution in [0.3, 0.4) is 0 Å². The molecule has 0 atom stereocenters. The summed E-state index contributed by atoms with van der Waals surface area (Å²) in [6, 6.07) is 0. The molecular weight excluding hydrogens is 256 g/mol. The molecule has 0 radical (unpaired) electrons. The lowest BCUT2D eigenvalue weighted by Gasteiger charge is -2.23. The Kier molecular flexibility index (Phi) is 5.52. The van der Waals surface area contributed by atoms with Crippen molar-refractivity contribution in [1.29, 1.82) is 0 Å². The Bertz CT molecular complexity index is 438. The van der Waals surface area contributed by atoms with E-state index in [2.05, 4.69) is 17.2 Å². The van der Waals surface area contributed by atoms with Crippen LogP contribution in [0.5, 0.6) is 0 Å². The van der Waals surface area contributed by atoms with Crippen molar-refractivity contribution < 1.29 is 9.53 Å². The number of amides is 1. The van der Waals surface area contributed by atoms with Crippen LogP contribution in [-0.2, 0) is 22.5 Å². The quantitative estimate of drug-likeness (QED) is 0.765. The summed E-state index contributed by atoms with van der Waals surface area (Å²) in [5.74, 6) is 0.0358. The van der Waals surface area contributed by atoms with Crippen LogP contribution in [-0.4, -0.2) is 34.1 Å². The van der Waals surface area contributed by atoms with E-state index in [-0.39, 0.29) is 12.3 Å². The Morgan fingerprint density at radius 2 is 2.15 bits per heavy atom. The molecule has 1 aromatic heterocycles. The smallest absolute Gasteiger partial charge is 0.223 e. The van der Waals surface area contributed by atoms with E-state index in [0.717, 1.165) is 50.4 Å². The predicted octanol–water partition coefficient (Wildman–Crippen LogP) is 1.39. The number of nitrogens with zero attached hydrogens (tertiary/aromatic N) is 3. The number of hydrogen-bond acceptors (Lipinski definition) is 4. The van der Waals surface area contributed by atoms with Gasteiger partial charge in [-0.25, -0.2) is 4.68 Å². The summed E-state index contributed by atoms with van der Waals surface area (Å²) in [4.78, 5) is 11.2. The van der Waals surface area contributed by atoms with Gasteiger partial charge in [0.1, 0.15) is 0 Å². The zero-order chi connectivity index (χ0) is 14.4. The summed E-state index contributed by atoms with van der Waals surface area (Å²) in [5, 5.41) is 8.42.